The quantitative estimate of drug-likeness (QED) is 0.242. The number of urea groups is 1. The van der Waals surface area contributed by atoms with Crippen LogP contribution < -0.4 is 10.6 Å². The number of likely N-dealkylation sites (tertiary alicyclic amines) is 1. The average Bonchev–Trinajstić information content (AvgIpc) is 3.37. The van der Waals surface area contributed by atoms with Gasteiger partial charge in [0.05, 0.1) is 16.9 Å². The van der Waals surface area contributed by atoms with E-state index in [0.29, 0.717) is 42.9 Å². The molecule has 2 heterocycles. The summed E-state index contributed by atoms with van der Waals surface area (Å²) in [6, 6.07) is 15.8. The number of amides is 3. The zero-order valence-electron chi connectivity index (χ0n) is 24.0. The minimum Gasteiger partial charge on any atom is -0.338 e. The van der Waals surface area contributed by atoms with E-state index in [1.807, 2.05) is 13.0 Å². The van der Waals surface area contributed by atoms with Gasteiger partial charge in [0.15, 0.2) is 5.78 Å². The van der Waals surface area contributed by atoms with Crippen LogP contribution >= 0.6 is 0 Å². The second-order valence-corrected chi connectivity index (χ2v) is 10.9. The number of Topliss-reactive ketones (excluding diaryl/α,β-unsaturated/α-hetero) is 1. The molecule has 0 spiro atoms. The normalized spacial score (nSPS) is 21.8. The fourth-order valence-corrected chi connectivity index (χ4v) is 6.31. The molecular weight excluding hydrogens is 553 g/mol. The van der Waals surface area contributed by atoms with Gasteiger partial charge in [-0.15, -0.1) is 0 Å². The molecule has 3 amide bonds. The summed E-state index contributed by atoms with van der Waals surface area (Å²) in [6.45, 7) is 5.82. The van der Waals surface area contributed by atoms with Gasteiger partial charge in [-0.25, -0.2) is 9.18 Å². The summed E-state index contributed by atoms with van der Waals surface area (Å²) in [5.41, 5.74) is 1.91. The maximum Gasteiger partial charge on any atom is 0.318 e. The molecule has 2 N–H and O–H groups in total. The Labute approximate surface area is 249 Å². The maximum atomic E-state index is 14.6. The number of piperazine rings is 1. The first kappa shape index (κ1) is 29.8. The van der Waals surface area contributed by atoms with E-state index in [4.69, 9.17) is 0 Å². The fourth-order valence-electron chi connectivity index (χ4n) is 6.31. The van der Waals surface area contributed by atoms with Gasteiger partial charge < -0.3 is 20.4 Å². The van der Waals surface area contributed by atoms with Crippen molar-refractivity contribution in [1.29, 1.82) is 0 Å². The number of hydrogen-bond donors (Lipinski definition) is 2. The van der Waals surface area contributed by atoms with Crippen LogP contribution in [0, 0.1) is 28.8 Å². The lowest BCUT2D eigenvalue weighted by molar-refractivity contribution is -0.385. The Bertz CT molecular complexity index is 1520. The topological polar surface area (TPSA) is 125 Å². The third-order valence-corrected chi connectivity index (χ3v) is 8.19. The second kappa shape index (κ2) is 12.7. The van der Waals surface area contributed by atoms with Crippen molar-refractivity contribution in [2.24, 2.45) is 5.92 Å². The van der Waals surface area contributed by atoms with Crippen LogP contribution in [0.1, 0.15) is 45.9 Å². The first-order valence-electron chi connectivity index (χ1n) is 14.4. The predicted molar refractivity (Wildman–Crippen MR) is 158 cm³/mol. The molecule has 0 saturated carbocycles. The smallest absolute Gasteiger partial charge is 0.318 e. The molecule has 3 aromatic carbocycles. The highest BCUT2D eigenvalue weighted by atomic mass is 19.1. The largest absolute Gasteiger partial charge is 0.338 e. The number of nitro groups is 1. The van der Waals surface area contributed by atoms with Crippen LogP contribution in [0.25, 0.3) is 0 Å². The molecule has 11 heteroatoms. The van der Waals surface area contributed by atoms with Gasteiger partial charge in [-0.1, -0.05) is 48.0 Å². The Kier molecular flexibility index (Phi) is 8.81. The molecule has 0 aliphatic carbocycles. The molecule has 2 saturated heterocycles. The van der Waals surface area contributed by atoms with Gasteiger partial charge in [-0.05, 0) is 43.2 Å². The van der Waals surface area contributed by atoms with Gasteiger partial charge in [0.2, 0.25) is 5.91 Å². The number of nitrogens with zero attached hydrogens (tertiary/aromatic N) is 3. The first-order valence-corrected chi connectivity index (χ1v) is 14.4. The average molecular weight is 588 g/mol. The molecule has 5 rings (SSSR count). The van der Waals surface area contributed by atoms with E-state index in [0.717, 1.165) is 5.56 Å². The van der Waals surface area contributed by atoms with Gasteiger partial charge >= 0.3 is 6.03 Å². The van der Waals surface area contributed by atoms with E-state index in [9.17, 15) is 28.9 Å². The van der Waals surface area contributed by atoms with E-state index >= 15 is 0 Å². The highest BCUT2D eigenvalue weighted by Gasteiger charge is 2.58. The number of carbonyl (C=O) groups is 3. The van der Waals surface area contributed by atoms with Gasteiger partial charge in [-0.2, -0.15) is 0 Å². The first-order chi connectivity index (χ1) is 20.7. The van der Waals surface area contributed by atoms with Crippen LogP contribution in [0.3, 0.4) is 0 Å². The minimum absolute atomic E-state index is 0.203. The molecular formula is C32H34FN5O5. The fraction of sp³-hybridized carbons (Fsp3) is 0.344. The molecule has 0 radical (unpaired) electrons. The summed E-state index contributed by atoms with van der Waals surface area (Å²) in [6.07, 6.45) is 0. The zero-order valence-corrected chi connectivity index (χ0v) is 24.0. The Balaban J connectivity index is 1.78. The second-order valence-electron chi connectivity index (χ2n) is 10.9. The minimum atomic E-state index is -1.14. The maximum absolute atomic E-state index is 14.6. The number of hydrogen-bond acceptors (Lipinski definition) is 6. The third kappa shape index (κ3) is 5.98. The number of carbonyl (C=O) groups excluding carboxylic acids is 3. The van der Waals surface area contributed by atoms with Crippen LogP contribution in [0.2, 0.25) is 0 Å². The van der Waals surface area contributed by atoms with Crippen molar-refractivity contribution >= 4 is 23.4 Å². The highest BCUT2D eigenvalue weighted by molar-refractivity contribution is 6.02. The summed E-state index contributed by atoms with van der Waals surface area (Å²) >= 11 is 0. The number of rotatable bonds is 7. The van der Waals surface area contributed by atoms with Crippen molar-refractivity contribution in [3.8, 4) is 0 Å². The van der Waals surface area contributed by atoms with E-state index in [-0.39, 0.29) is 23.9 Å². The summed E-state index contributed by atoms with van der Waals surface area (Å²) in [4.78, 5) is 57.4. The summed E-state index contributed by atoms with van der Waals surface area (Å²) in [7, 11) is 0. The van der Waals surface area contributed by atoms with Gasteiger partial charge in [0.25, 0.3) is 5.69 Å². The standard InChI is InChI=1S/C32H34FN5O5/c1-3-35-32(41)37-28(22-7-5-9-25(19-22)38(42)43)27(30(39)23-8-4-6-20(2)18-23)26(21-10-12-24(33)13-11-21)29(37)31(40)36-16-14-34-15-17-36/h4-13,18-19,26-29,34H,3,14-17H2,1-2H3,(H,35,41). The molecule has 224 valence electrons. The SMILES string of the molecule is CCNC(=O)N1C(C(=O)N2CCNCC2)C(c2ccc(F)cc2)C(C(=O)c2cccc(C)c2)C1c1cccc([N+](=O)[O-])c1. The molecule has 4 unspecified atom stereocenters. The molecule has 43 heavy (non-hydrogen) atoms. The lowest BCUT2D eigenvalue weighted by Crippen LogP contribution is -2.56. The van der Waals surface area contributed by atoms with Crippen molar-refractivity contribution in [3.05, 3.63) is 111 Å². The van der Waals surface area contributed by atoms with E-state index < -0.39 is 40.7 Å². The Morgan fingerprint density at radius 2 is 1.70 bits per heavy atom. The van der Waals surface area contributed by atoms with E-state index in [1.165, 1.54) is 35.2 Å². The summed E-state index contributed by atoms with van der Waals surface area (Å²) in [5, 5.41) is 17.8. The van der Waals surface area contributed by atoms with Crippen LogP contribution in [-0.2, 0) is 4.79 Å². The lowest BCUT2D eigenvalue weighted by atomic mass is 9.75. The van der Waals surface area contributed by atoms with Crippen molar-refractivity contribution in [2.45, 2.75) is 31.8 Å². The zero-order chi connectivity index (χ0) is 30.7. The van der Waals surface area contributed by atoms with Crippen LogP contribution in [0.5, 0.6) is 0 Å². The van der Waals surface area contributed by atoms with Gasteiger partial charge in [0.1, 0.15) is 11.9 Å². The lowest BCUT2D eigenvalue weighted by Gasteiger charge is -2.36. The van der Waals surface area contributed by atoms with Crippen LogP contribution in [0.4, 0.5) is 14.9 Å². The number of aryl methyl sites for hydroxylation is 1. The number of non-ortho nitro benzene ring substituents is 1. The molecule has 2 aliphatic heterocycles. The van der Waals surface area contributed by atoms with E-state index in [2.05, 4.69) is 10.6 Å². The Morgan fingerprint density at radius 3 is 2.35 bits per heavy atom. The highest BCUT2D eigenvalue weighted by Crippen LogP contribution is 2.52. The van der Waals surface area contributed by atoms with Gasteiger partial charge in [-0.3, -0.25) is 19.7 Å². The molecule has 0 aromatic heterocycles. The predicted octanol–water partition coefficient (Wildman–Crippen LogP) is 4.21. The van der Waals surface area contributed by atoms with Crippen molar-refractivity contribution in [3.63, 3.8) is 0 Å². The van der Waals surface area contributed by atoms with Crippen LogP contribution in [-0.4, -0.2) is 71.2 Å². The van der Waals surface area contributed by atoms with Crippen LogP contribution in [0.15, 0.2) is 72.8 Å². The molecule has 10 nitrogen and oxygen atoms in total. The monoisotopic (exact) mass is 587 g/mol. The summed E-state index contributed by atoms with van der Waals surface area (Å²) in [5.74, 6) is -3.03. The number of ketones is 1. The number of halogens is 1. The third-order valence-electron chi connectivity index (χ3n) is 8.19. The Hall–Kier alpha value is -4.64. The van der Waals surface area contributed by atoms with E-state index in [1.54, 1.807) is 48.2 Å². The summed E-state index contributed by atoms with van der Waals surface area (Å²) < 4.78 is 14.2. The molecule has 4 atom stereocenters. The number of nitrogens with one attached hydrogen (secondary N) is 2. The molecule has 2 aliphatic rings. The van der Waals surface area contributed by atoms with Crippen molar-refractivity contribution in [2.75, 3.05) is 32.7 Å². The molecule has 0 bridgehead atoms. The van der Waals surface area contributed by atoms with Crippen molar-refractivity contribution < 1.29 is 23.7 Å². The molecule has 3 aromatic rings. The van der Waals surface area contributed by atoms with Crippen molar-refractivity contribution in [1.82, 2.24) is 20.4 Å². The number of benzene rings is 3. The van der Waals surface area contributed by atoms with Gasteiger partial charge in [0, 0.05) is 56.3 Å². The Morgan fingerprint density at radius 1 is 1.00 bits per heavy atom. The number of nitro benzene ring substituents is 1. The molecule has 2 fully saturated rings.